The molecular formula is C22H30N4O5S. The number of nitrogens with one attached hydrogen (secondary N) is 1. The number of anilines is 1. The van der Waals surface area contributed by atoms with Crippen molar-refractivity contribution in [1.82, 2.24) is 14.1 Å². The predicted molar refractivity (Wildman–Crippen MR) is 118 cm³/mol. The van der Waals surface area contributed by atoms with Crippen LogP contribution in [0.4, 0.5) is 5.69 Å². The highest BCUT2D eigenvalue weighted by molar-refractivity contribution is 7.89. The van der Waals surface area contributed by atoms with Gasteiger partial charge in [0.15, 0.2) is 0 Å². The second kappa shape index (κ2) is 9.29. The molecule has 2 saturated heterocycles. The lowest BCUT2D eigenvalue weighted by Crippen LogP contribution is -2.48. The molecule has 3 amide bonds. The number of piperazine rings is 1. The van der Waals surface area contributed by atoms with Crippen LogP contribution in [0.3, 0.4) is 0 Å². The molecule has 2 heterocycles. The molecule has 9 nitrogen and oxygen atoms in total. The van der Waals surface area contributed by atoms with Crippen LogP contribution in [0, 0.1) is 11.8 Å². The van der Waals surface area contributed by atoms with Gasteiger partial charge in [0.25, 0.3) is 0 Å². The third-order valence-electron chi connectivity index (χ3n) is 6.79. The summed E-state index contributed by atoms with van der Waals surface area (Å²) in [5.74, 6) is -1.55. The van der Waals surface area contributed by atoms with Gasteiger partial charge in [-0.25, -0.2) is 8.42 Å². The molecule has 2 atom stereocenters. The first-order chi connectivity index (χ1) is 15.3. The molecule has 1 aliphatic carbocycles. The van der Waals surface area contributed by atoms with Crippen LogP contribution in [0.15, 0.2) is 29.2 Å². The number of carbonyl (C=O) groups excluding carboxylic acids is 3. The minimum atomic E-state index is -3.59. The van der Waals surface area contributed by atoms with E-state index in [2.05, 4.69) is 17.1 Å². The SMILES string of the molecule is CCN1CCN(S(=O)(=O)c2ccc(NC(=O)CN3C(=O)C4CCCCC4C3=O)cc2)CC1. The van der Waals surface area contributed by atoms with E-state index in [1.165, 1.54) is 28.6 Å². The van der Waals surface area contributed by atoms with Gasteiger partial charge in [0.2, 0.25) is 27.7 Å². The van der Waals surface area contributed by atoms with Crippen molar-refractivity contribution < 1.29 is 22.8 Å². The number of imide groups is 1. The van der Waals surface area contributed by atoms with Crippen LogP contribution in [0.25, 0.3) is 0 Å². The molecule has 1 aromatic rings. The summed E-state index contributed by atoms with van der Waals surface area (Å²) in [7, 11) is -3.59. The van der Waals surface area contributed by atoms with E-state index in [0.717, 1.165) is 24.3 Å². The first kappa shape index (κ1) is 22.9. The summed E-state index contributed by atoms with van der Waals surface area (Å²) in [6, 6.07) is 6.00. The van der Waals surface area contributed by atoms with Gasteiger partial charge in [0, 0.05) is 31.9 Å². The zero-order valence-corrected chi connectivity index (χ0v) is 19.1. The minimum Gasteiger partial charge on any atom is -0.325 e. The number of benzene rings is 1. The third-order valence-corrected chi connectivity index (χ3v) is 8.70. The number of sulfonamides is 1. The van der Waals surface area contributed by atoms with E-state index in [9.17, 15) is 22.8 Å². The Hall–Kier alpha value is -2.30. The van der Waals surface area contributed by atoms with Crippen molar-refractivity contribution >= 4 is 33.4 Å². The maximum atomic E-state index is 12.9. The first-order valence-corrected chi connectivity index (χ1v) is 12.7. The molecule has 0 radical (unpaired) electrons. The van der Waals surface area contributed by atoms with E-state index in [-0.39, 0.29) is 35.1 Å². The molecule has 1 saturated carbocycles. The molecule has 1 aromatic carbocycles. The number of nitrogens with zero attached hydrogens (tertiary/aromatic N) is 3. The van der Waals surface area contributed by atoms with Crippen LogP contribution in [-0.4, -0.2) is 79.5 Å². The largest absolute Gasteiger partial charge is 0.325 e. The van der Waals surface area contributed by atoms with E-state index in [0.29, 0.717) is 44.7 Å². The molecule has 0 bridgehead atoms. The lowest BCUT2D eigenvalue weighted by Gasteiger charge is -2.33. The standard InChI is InChI=1S/C22H30N4O5S/c1-2-24-11-13-25(14-12-24)32(30,31)17-9-7-16(8-10-17)23-20(27)15-26-21(28)18-5-3-4-6-19(18)22(26)29/h7-10,18-19H,2-6,11-15H2,1H3,(H,23,27). The topological polar surface area (TPSA) is 107 Å². The molecular weight excluding hydrogens is 432 g/mol. The molecule has 2 aliphatic heterocycles. The van der Waals surface area contributed by atoms with Crippen molar-refractivity contribution in [3.63, 3.8) is 0 Å². The molecule has 32 heavy (non-hydrogen) atoms. The van der Waals surface area contributed by atoms with Crippen molar-refractivity contribution in [1.29, 1.82) is 0 Å². The Bertz CT molecular complexity index is 962. The quantitative estimate of drug-likeness (QED) is 0.635. The Morgan fingerprint density at radius 2 is 1.53 bits per heavy atom. The lowest BCUT2D eigenvalue weighted by molar-refractivity contribution is -0.142. The van der Waals surface area contributed by atoms with E-state index in [1.54, 1.807) is 0 Å². The highest BCUT2D eigenvalue weighted by atomic mass is 32.2. The van der Waals surface area contributed by atoms with Crippen LogP contribution in [-0.2, 0) is 24.4 Å². The van der Waals surface area contributed by atoms with Crippen molar-refractivity contribution in [2.45, 2.75) is 37.5 Å². The predicted octanol–water partition coefficient (Wildman–Crippen LogP) is 1.13. The number of hydrogen-bond donors (Lipinski definition) is 1. The van der Waals surface area contributed by atoms with Crippen LogP contribution in [0.1, 0.15) is 32.6 Å². The Kier molecular flexibility index (Phi) is 6.64. The average molecular weight is 463 g/mol. The number of likely N-dealkylation sites (N-methyl/N-ethyl adjacent to an activating group) is 1. The molecule has 4 rings (SSSR count). The van der Waals surface area contributed by atoms with E-state index >= 15 is 0 Å². The van der Waals surface area contributed by atoms with Gasteiger partial charge in [-0.15, -0.1) is 0 Å². The van der Waals surface area contributed by atoms with Crippen molar-refractivity contribution in [3.05, 3.63) is 24.3 Å². The summed E-state index contributed by atoms with van der Waals surface area (Å²) in [6.45, 7) is 4.96. The molecule has 0 spiro atoms. The fourth-order valence-electron chi connectivity index (χ4n) is 4.88. The fourth-order valence-corrected chi connectivity index (χ4v) is 6.30. The molecule has 0 aromatic heterocycles. The number of likely N-dealkylation sites (tertiary alicyclic amines) is 1. The molecule has 2 unspecified atom stereocenters. The molecule has 3 aliphatic rings. The van der Waals surface area contributed by atoms with Gasteiger partial charge < -0.3 is 10.2 Å². The zero-order valence-electron chi connectivity index (χ0n) is 18.3. The maximum absolute atomic E-state index is 12.9. The van der Waals surface area contributed by atoms with E-state index in [4.69, 9.17) is 0 Å². The summed E-state index contributed by atoms with van der Waals surface area (Å²) >= 11 is 0. The molecule has 1 N–H and O–H groups in total. The highest BCUT2D eigenvalue weighted by Crippen LogP contribution is 2.37. The summed E-state index contributed by atoms with van der Waals surface area (Å²) in [5.41, 5.74) is 0.418. The third kappa shape index (κ3) is 4.44. The summed E-state index contributed by atoms with van der Waals surface area (Å²) in [5, 5.41) is 2.66. The van der Waals surface area contributed by atoms with Gasteiger partial charge in [0.1, 0.15) is 6.54 Å². The Morgan fingerprint density at radius 3 is 2.06 bits per heavy atom. The van der Waals surface area contributed by atoms with Crippen LogP contribution >= 0.6 is 0 Å². The number of hydrogen-bond acceptors (Lipinski definition) is 6. The van der Waals surface area contributed by atoms with Crippen LogP contribution in [0.5, 0.6) is 0 Å². The number of fused-ring (bicyclic) bond motifs is 1. The summed E-state index contributed by atoms with van der Waals surface area (Å²) in [6.07, 6.45) is 3.28. The smallest absolute Gasteiger partial charge is 0.244 e. The normalized spacial score (nSPS) is 25.1. The van der Waals surface area contributed by atoms with Gasteiger partial charge in [-0.1, -0.05) is 19.8 Å². The Morgan fingerprint density at radius 1 is 0.969 bits per heavy atom. The van der Waals surface area contributed by atoms with Gasteiger partial charge in [-0.3, -0.25) is 19.3 Å². The first-order valence-electron chi connectivity index (χ1n) is 11.3. The lowest BCUT2D eigenvalue weighted by atomic mass is 9.81. The van der Waals surface area contributed by atoms with Crippen molar-refractivity contribution in [2.24, 2.45) is 11.8 Å². The average Bonchev–Trinajstić information content (AvgIpc) is 3.04. The molecule has 10 heteroatoms. The maximum Gasteiger partial charge on any atom is 0.244 e. The Labute approximate surface area is 188 Å². The number of rotatable bonds is 6. The van der Waals surface area contributed by atoms with Crippen molar-refractivity contribution in [3.8, 4) is 0 Å². The minimum absolute atomic E-state index is 0.175. The van der Waals surface area contributed by atoms with Crippen LogP contribution in [0.2, 0.25) is 0 Å². The summed E-state index contributed by atoms with van der Waals surface area (Å²) in [4.78, 5) is 41.0. The molecule has 3 fully saturated rings. The van der Waals surface area contributed by atoms with E-state index in [1.807, 2.05) is 0 Å². The highest BCUT2D eigenvalue weighted by Gasteiger charge is 2.48. The number of carbonyl (C=O) groups is 3. The van der Waals surface area contributed by atoms with Crippen LogP contribution < -0.4 is 5.32 Å². The van der Waals surface area contributed by atoms with Gasteiger partial charge >= 0.3 is 0 Å². The second-order valence-electron chi connectivity index (χ2n) is 8.67. The Balaban J connectivity index is 1.36. The van der Waals surface area contributed by atoms with Gasteiger partial charge in [-0.2, -0.15) is 4.31 Å². The summed E-state index contributed by atoms with van der Waals surface area (Å²) < 4.78 is 27.2. The molecule has 174 valence electrons. The van der Waals surface area contributed by atoms with Gasteiger partial charge in [0.05, 0.1) is 16.7 Å². The van der Waals surface area contributed by atoms with Crippen molar-refractivity contribution in [2.75, 3.05) is 44.6 Å². The fraction of sp³-hybridized carbons (Fsp3) is 0.591. The second-order valence-corrected chi connectivity index (χ2v) is 10.6. The number of amides is 3. The van der Waals surface area contributed by atoms with E-state index < -0.39 is 15.9 Å². The zero-order chi connectivity index (χ0) is 22.9. The van der Waals surface area contributed by atoms with Gasteiger partial charge in [-0.05, 0) is 43.7 Å². The monoisotopic (exact) mass is 462 g/mol.